The Morgan fingerprint density at radius 1 is 1.30 bits per heavy atom. The van der Waals surface area contributed by atoms with Gasteiger partial charge in [-0.3, -0.25) is 0 Å². The average Bonchev–Trinajstić information content (AvgIpc) is 2.44. The summed E-state index contributed by atoms with van der Waals surface area (Å²) in [6.07, 6.45) is 0. The summed E-state index contributed by atoms with van der Waals surface area (Å²) in [5.41, 5.74) is 0.683. The third-order valence-electron chi connectivity index (χ3n) is 2.66. The molecule has 0 atom stereocenters. The van der Waals surface area contributed by atoms with Crippen molar-refractivity contribution in [3.05, 3.63) is 59.4 Å². The minimum Gasteiger partial charge on any atom is -0.508 e. The summed E-state index contributed by atoms with van der Waals surface area (Å²) in [6.45, 7) is 0. The molecule has 0 aliphatic carbocycles. The van der Waals surface area contributed by atoms with Crippen LogP contribution in [-0.4, -0.2) is 18.2 Å². The second kappa shape index (κ2) is 6.43. The number of methoxy groups -OCH3 is 1. The van der Waals surface area contributed by atoms with E-state index in [4.69, 9.17) is 0 Å². The minimum absolute atomic E-state index is 0.0707. The van der Waals surface area contributed by atoms with Gasteiger partial charge in [-0.25, -0.2) is 9.18 Å². The number of hydrogen-bond acceptors (Lipinski definition) is 4. The van der Waals surface area contributed by atoms with Gasteiger partial charge in [-0.05, 0) is 35.9 Å². The van der Waals surface area contributed by atoms with Crippen LogP contribution in [0.2, 0.25) is 0 Å². The summed E-state index contributed by atoms with van der Waals surface area (Å²) in [7, 11) is 1.22. The number of thioether (sulfide) groups is 1. The monoisotopic (exact) mass is 292 g/mol. The highest BCUT2D eigenvalue weighted by molar-refractivity contribution is 7.98. The highest BCUT2D eigenvalue weighted by Gasteiger charge is 2.12. The first-order valence-corrected chi connectivity index (χ1v) is 6.87. The highest BCUT2D eigenvalue weighted by atomic mass is 32.2. The SMILES string of the molecule is COC(=O)c1ccc(CSc2cccc(O)c2)cc1F. The number of phenols is 1. The quantitative estimate of drug-likeness (QED) is 0.690. The van der Waals surface area contributed by atoms with Crippen LogP contribution in [0.15, 0.2) is 47.4 Å². The first-order chi connectivity index (χ1) is 9.60. The largest absolute Gasteiger partial charge is 0.508 e. The first-order valence-electron chi connectivity index (χ1n) is 5.88. The summed E-state index contributed by atoms with van der Waals surface area (Å²) in [5.74, 6) is -0.537. The van der Waals surface area contributed by atoms with E-state index < -0.39 is 11.8 Å². The van der Waals surface area contributed by atoms with Crippen molar-refractivity contribution in [3.63, 3.8) is 0 Å². The maximum Gasteiger partial charge on any atom is 0.340 e. The number of hydrogen-bond donors (Lipinski definition) is 1. The molecule has 0 fully saturated rings. The molecule has 5 heteroatoms. The van der Waals surface area contributed by atoms with Crippen molar-refractivity contribution >= 4 is 17.7 Å². The van der Waals surface area contributed by atoms with Crippen LogP contribution in [0.1, 0.15) is 15.9 Å². The molecule has 0 aromatic heterocycles. The zero-order valence-electron chi connectivity index (χ0n) is 10.8. The van der Waals surface area contributed by atoms with Crippen LogP contribution in [0.5, 0.6) is 5.75 Å². The van der Waals surface area contributed by atoms with Gasteiger partial charge in [0, 0.05) is 10.6 Å². The number of aromatic hydroxyl groups is 1. The Morgan fingerprint density at radius 2 is 2.10 bits per heavy atom. The predicted octanol–water partition coefficient (Wildman–Crippen LogP) is 3.61. The van der Waals surface area contributed by atoms with E-state index in [1.807, 2.05) is 6.07 Å². The Hall–Kier alpha value is -2.01. The smallest absolute Gasteiger partial charge is 0.340 e. The Labute approximate surface area is 120 Å². The van der Waals surface area contributed by atoms with Crippen LogP contribution in [0.3, 0.4) is 0 Å². The number of benzene rings is 2. The third kappa shape index (κ3) is 3.51. The fraction of sp³-hybridized carbons (Fsp3) is 0.133. The summed E-state index contributed by atoms with van der Waals surface area (Å²) < 4.78 is 18.2. The van der Waals surface area contributed by atoms with Crippen molar-refractivity contribution in [2.75, 3.05) is 7.11 Å². The molecule has 1 N–H and O–H groups in total. The van der Waals surface area contributed by atoms with E-state index >= 15 is 0 Å². The van der Waals surface area contributed by atoms with Gasteiger partial charge in [0.2, 0.25) is 0 Å². The van der Waals surface area contributed by atoms with Crippen molar-refractivity contribution in [2.24, 2.45) is 0 Å². The van der Waals surface area contributed by atoms with Crippen LogP contribution in [0.4, 0.5) is 4.39 Å². The summed E-state index contributed by atoms with van der Waals surface area (Å²) in [4.78, 5) is 12.2. The normalized spacial score (nSPS) is 10.3. The molecule has 0 saturated heterocycles. The summed E-state index contributed by atoms with van der Waals surface area (Å²) >= 11 is 1.47. The number of halogens is 1. The molecule has 2 rings (SSSR count). The third-order valence-corrected chi connectivity index (χ3v) is 3.73. The molecule has 0 aliphatic heterocycles. The average molecular weight is 292 g/mol. The van der Waals surface area contributed by atoms with E-state index in [-0.39, 0.29) is 11.3 Å². The van der Waals surface area contributed by atoms with Crippen LogP contribution < -0.4 is 0 Å². The molecule has 104 valence electrons. The standard InChI is InChI=1S/C15H13FO3S/c1-19-15(18)13-6-5-10(7-14(13)16)9-20-12-4-2-3-11(17)8-12/h2-8,17H,9H2,1H3. The maximum atomic E-state index is 13.7. The lowest BCUT2D eigenvalue weighted by Gasteiger charge is -2.05. The number of ether oxygens (including phenoxy) is 1. The Kier molecular flexibility index (Phi) is 4.63. The minimum atomic E-state index is -0.685. The second-order valence-electron chi connectivity index (χ2n) is 4.09. The van der Waals surface area contributed by atoms with Crippen LogP contribution in [-0.2, 0) is 10.5 Å². The maximum absolute atomic E-state index is 13.7. The zero-order valence-corrected chi connectivity index (χ0v) is 11.6. The lowest BCUT2D eigenvalue weighted by molar-refractivity contribution is 0.0595. The molecule has 0 amide bonds. The molecule has 2 aromatic carbocycles. The van der Waals surface area contributed by atoms with Crippen molar-refractivity contribution in [2.45, 2.75) is 10.6 Å². The molecule has 0 aliphatic rings. The number of phenolic OH excluding ortho intramolecular Hbond substituents is 1. The van der Waals surface area contributed by atoms with Gasteiger partial charge in [0.25, 0.3) is 0 Å². The van der Waals surface area contributed by atoms with E-state index in [9.17, 15) is 14.3 Å². The molecule has 0 saturated carbocycles. The molecule has 0 radical (unpaired) electrons. The van der Waals surface area contributed by atoms with Gasteiger partial charge in [-0.15, -0.1) is 11.8 Å². The number of rotatable bonds is 4. The molecule has 0 spiro atoms. The molecule has 0 bridgehead atoms. The lowest BCUT2D eigenvalue weighted by Crippen LogP contribution is -2.04. The van der Waals surface area contributed by atoms with Crippen molar-refractivity contribution in [1.82, 2.24) is 0 Å². The van der Waals surface area contributed by atoms with Gasteiger partial charge in [0.1, 0.15) is 11.6 Å². The molecule has 3 nitrogen and oxygen atoms in total. The Morgan fingerprint density at radius 3 is 2.75 bits per heavy atom. The first kappa shape index (κ1) is 14.4. The molecular formula is C15H13FO3S. The lowest BCUT2D eigenvalue weighted by atomic mass is 10.1. The fourth-order valence-corrected chi connectivity index (χ4v) is 2.56. The van der Waals surface area contributed by atoms with Gasteiger partial charge in [0.05, 0.1) is 12.7 Å². The van der Waals surface area contributed by atoms with Gasteiger partial charge >= 0.3 is 5.97 Å². The predicted molar refractivity (Wildman–Crippen MR) is 75.4 cm³/mol. The van der Waals surface area contributed by atoms with E-state index in [0.717, 1.165) is 10.5 Å². The molecule has 0 heterocycles. The van der Waals surface area contributed by atoms with Crippen LogP contribution in [0, 0.1) is 5.82 Å². The number of carbonyl (C=O) groups excluding carboxylic acids is 1. The van der Waals surface area contributed by atoms with Crippen LogP contribution in [0.25, 0.3) is 0 Å². The number of esters is 1. The van der Waals surface area contributed by atoms with Gasteiger partial charge in [-0.1, -0.05) is 12.1 Å². The molecule has 2 aromatic rings. The van der Waals surface area contributed by atoms with Gasteiger partial charge in [-0.2, -0.15) is 0 Å². The molecular weight excluding hydrogens is 279 g/mol. The molecule has 20 heavy (non-hydrogen) atoms. The van der Waals surface area contributed by atoms with Crippen molar-refractivity contribution in [3.8, 4) is 5.75 Å². The van der Waals surface area contributed by atoms with E-state index in [1.54, 1.807) is 24.3 Å². The van der Waals surface area contributed by atoms with E-state index in [2.05, 4.69) is 4.74 Å². The van der Waals surface area contributed by atoms with E-state index in [0.29, 0.717) is 5.75 Å². The van der Waals surface area contributed by atoms with Gasteiger partial charge in [0.15, 0.2) is 0 Å². The van der Waals surface area contributed by atoms with Crippen molar-refractivity contribution < 1.29 is 19.0 Å². The van der Waals surface area contributed by atoms with E-state index in [1.165, 1.54) is 31.0 Å². The fourth-order valence-electron chi connectivity index (χ4n) is 1.66. The van der Waals surface area contributed by atoms with Crippen LogP contribution >= 0.6 is 11.8 Å². The Bertz CT molecular complexity index is 628. The highest BCUT2D eigenvalue weighted by Crippen LogP contribution is 2.26. The Balaban J connectivity index is 2.07. The van der Waals surface area contributed by atoms with Crippen molar-refractivity contribution in [1.29, 1.82) is 0 Å². The molecule has 0 unspecified atom stereocenters. The van der Waals surface area contributed by atoms with Gasteiger partial charge < -0.3 is 9.84 Å². The second-order valence-corrected chi connectivity index (χ2v) is 5.14. The number of carbonyl (C=O) groups is 1. The summed E-state index contributed by atoms with van der Waals surface area (Å²) in [5, 5.41) is 9.35. The zero-order chi connectivity index (χ0) is 14.5. The topological polar surface area (TPSA) is 46.5 Å². The summed E-state index contributed by atoms with van der Waals surface area (Å²) in [6, 6.07) is 11.3.